The van der Waals surface area contributed by atoms with Crippen LogP contribution in [0.1, 0.15) is 0 Å². The van der Waals surface area contributed by atoms with Gasteiger partial charge in [0.1, 0.15) is 5.75 Å². The molecule has 0 aliphatic heterocycles. The van der Waals surface area contributed by atoms with Gasteiger partial charge in [0.05, 0.1) is 11.5 Å². The van der Waals surface area contributed by atoms with Crippen LogP contribution in [0.3, 0.4) is 0 Å². The Morgan fingerprint density at radius 3 is 2.86 bits per heavy atom. The summed E-state index contributed by atoms with van der Waals surface area (Å²) in [4.78, 5) is 2.52. The van der Waals surface area contributed by atoms with E-state index in [1.807, 2.05) is 6.07 Å². The maximum Gasteiger partial charge on any atom is 0.138 e. The van der Waals surface area contributed by atoms with Gasteiger partial charge in [0.25, 0.3) is 0 Å². The highest BCUT2D eigenvalue weighted by molar-refractivity contribution is 9.09. The molecule has 0 radical (unpaired) electrons. The van der Waals surface area contributed by atoms with Crippen LogP contribution in [-0.4, -0.2) is 11.9 Å². The summed E-state index contributed by atoms with van der Waals surface area (Å²) < 4.78 is 5.62. The number of rotatable bonds is 4. The van der Waals surface area contributed by atoms with Crippen LogP contribution in [-0.2, 0) is 0 Å². The van der Waals surface area contributed by atoms with E-state index < -0.39 is 0 Å². The van der Waals surface area contributed by atoms with Gasteiger partial charge < -0.3 is 4.74 Å². The Labute approximate surface area is 99.5 Å². The Bertz CT molecular complexity index is 380. The Morgan fingerprint density at radius 1 is 1.21 bits per heavy atom. The molecule has 74 valence electrons. The number of hydrogen-bond acceptors (Lipinski definition) is 3. The van der Waals surface area contributed by atoms with E-state index >= 15 is 0 Å². The average molecular weight is 289 g/mol. The summed E-state index contributed by atoms with van der Waals surface area (Å²) in [7, 11) is 0. The monoisotopic (exact) mass is 288 g/mol. The van der Waals surface area contributed by atoms with E-state index in [0.29, 0.717) is 0 Å². The number of halogens is 1. The Hall–Kier alpha value is -0.320. The van der Waals surface area contributed by atoms with Crippen LogP contribution in [0, 0.1) is 0 Å². The van der Waals surface area contributed by atoms with Crippen LogP contribution >= 0.6 is 38.6 Å². The minimum atomic E-state index is 0.717. The third-order valence-electron chi connectivity index (χ3n) is 1.71. The molecule has 2 rings (SSSR count). The fraction of sp³-hybridized carbons (Fsp3) is 0.200. The quantitative estimate of drug-likeness (QED) is 0.765. The predicted molar refractivity (Wildman–Crippen MR) is 66.9 cm³/mol. The molecule has 0 fully saturated rings. The summed E-state index contributed by atoms with van der Waals surface area (Å²) in [6.07, 6.45) is 0. The first kappa shape index (κ1) is 10.2. The van der Waals surface area contributed by atoms with Crippen molar-refractivity contribution < 1.29 is 4.74 Å². The lowest BCUT2D eigenvalue weighted by atomic mass is 10.3. The van der Waals surface area contributed by atoms with Crippen LogP contribution in [0.2, 0.25) is 0 Å². The third kappa shape index (κ3) is 2.19. The smallest absolute Gasteiger partial charge is 0.138 e. The van der Waals surface area contributed by atoms with Gasteiger partial charge in [-0.05, 0) is 22.9 Å². The van der Waals surface area contributed by atoms with Crippen LogP contribution in [0.25, 0.3) is 9.75 Å². The molecule has 0 bridgehead atoms. The SMILES string of the molecule is BrCCOc1ccsc1-c1cccs1. The number of hydrogen-bond donors (Lipinski definition) is 0. The van der Waals surface area contributed by atoms with Gasteiger partial charge >= 0.3 is 0 Å². The minimum Gasteiger partial charge on any atom is -0.491 e. The summed E-state index contributed by atoms with van der Waals surface area (Å²) in [5.74, 6) is 0.997. The van der Waals surface area contributed by atoms with Crippen molar-refractivity contribution >= 4 is 38.6 Å². The van der Waals surface area contributed by atoms with Gasteiger partial charge in [0, 0.05) is 10.2 Å². The Kier molecular flexibility index (Phi) is 3.61. The zero-order valence-electron chi connectivity index (χ0n) is 7.40. The van der Waals surface area contributed by atoms with Gasteiger partial charge in [0.2, 0.25) is 0 Å². The first-order chi connectivity index (χ1) is 6.92. The van der Waals surface area contributed by atoms with Crippen LogP contribution < -0.4 is 4.74 Å². The molecule has 1 nitrogen and oxygen atoms in total. The summed E-state index contributed by atoms with van der Waals surface area (Å²) in [5, 5.41) is 5.02. The van der Waals surface area contributed by atoms with Crippen LogP contribution in [0.5, 0.6) is 5.75 Å². The molecule has 2 aromatic rings. The topological polar surface area (TPSA) is 9.23 Å². The van der Waals surface area contributed by atoms with Crippen molar-refractivity contribution in [2.24, 2.45) is 0 Å². The Morgan fingerprint density at radius 2 is 2.14 bits per heavy atom. The molecular weight excluding hydrogens is 280 g/mol. The van der Waals surface area contributed by atoms with E-state index in [0.717, 1.165) is 17.7 Å². The van der Waals surface area contributed by atoms with Crippen molar-refractivity contribution in [3.8, 4) is 15.5 Å². The van der Waals surface area contributed by atoms with E-state index in [2.05, 4.69) is 38.8 Å². The van der Waals surface area contributed by atoms with Gasteiger partial charge in [0.15, 0.2) is 0 Å². The first-order valence-electron chi connectivity index (χ1n) is 4.22. The molecule has 0 amide bonds. The van der Waals surface area contributed by atoms with E-state index in [4.69, 9.17) is 4.74 Å². The lowest BCUT2D eigenvalue weighted by Crippen LogP contribution is -1.96. The highest BCUT2D eigenvalue weighted by Crippen LogP contribution is 2.37. The van der Waals surface area contributed by atoms with Crippen molar-refractivity contribution in [1.29, 1.82) is 0 Å². The predicted octanol–water partition coefficient (Wildman–Crippen LogP) is 4.25. The molecule has 0 N–H and O–H groups in total. The van der Waals surface area contributed by atoms with Crippen molar-refractivity contribution in [2.75, 3.05) is 11.9 Å². The van der Waals surface area contributed by atoms with Gasteiger partial charge in [-0.2, -0.15) is 0 Å². The van der Waals surface area contributed by atoms with E-state index in [-0.39, 0.29) is 0 Å². The first-order valence-corrected chi connectivity index (χ1v) is 7.10. The molecule has 0 aromatic carbocycles. The molecule has 2 heterocycles. The van der Waals surface area contributed by atoms with Gasteiger partial charge in [-0.1, -0.05) is 22.0 Å². The highest BCUT2D eigenvalue weighted by Gasteiger charge is 2.08. The molecule has 4 heteroatoms. The van der Waals surface area contributed by atoms with E-state index in [1.54, 1.807) is 22.7 Å². The van der Waals surface area contributed by atoms with Gasteiger partial charge in [-0.25, -0.2) is 0 Å². The standard InChI is InChI=1S/C10H9BrOS2/c11-4-5-12-8-3-7-14-10(8)9-2-1-6-13-9/h1-3,6-7H,4-5H2. The second-order valence-electron chi connectivity index (χ2n) is 2.63. The number of alkyl halides is 1. The molecule has 0 aliphatic rings. The summed E-state index contributed by atoms with van der Waals surface area (Å²) in [6, 6.07) is 6.22. The highest BCUT2D eigenvalue weighted by atomic mass is 79.9. The Balaban J connectivity index is 2.22. The molecule has 0 saturated heterocycles. The normalized spacial score (nSPS) is 10.4. The fourth-order valence-electron chi connectivity index (χ4n) is 1.15. The largest absolute Gasteiger partial charge is 0.491 e. The van der Waals surface area contributed by atoms with Crippen molar-refractivity contribution in [3.63, 3.8) is 0 Å². The molecule has 0 saturated carbocycles. The second-order valence-corrected chi connectivity index (χ2v) is 5.29. The zero-order chi connectivity index (χ0) is 9.80. The molecule has 0 atom stereocenters. The average Bonchev–Trinajstić information content (AvgIpc) is 2.84. The van der Waals surface area contributed by atoms with Crippen molar-refractivity contribution in [1.82, 2.24) is 0 Å². The maximum absolute atomic E-state index is 5.62. The molecule has 0 unspecified atom stereocenters. The van der Waals surface area contributed by atoms with Gasteiger partial charge in [-0.3, -0.25) is 0 Å². The lowest BCUT2D eigenvalue weighted by Gasteiger charge is -2.03. The molecule has 0 aliphatic carbocycles. The zero-order valence-corrected chi connectivity index (χ0v) is 10.6. The number of ether oxygens (including phenoxy) is 1. The van der Waals surface area contributed by atoms with Gasteiger partial charge in [-0.15, -0.1) is 22.7 Å². The molecule has 2 aromatic heterocycles. The lowest BCUT2D eigenvalue weighted by molar-refractivity contribution is 0.348. The van der Waals surface area contributed by atoms with Crippen molar-refractivity contribution in [2.45, 2.75) is 0 Å². The fourth-order valence-corrected chi connectivity index (χ4v) is 3.02. The number of thiophene rings is 2. The second kappa shape index (κ2) is 4.96. The summed E-state index contributed by atoms with van der Waals surface area (Å²) >= 11 is 6.82. The van der Waals surface area contributed by atoms with E-state index in [1.165, 1.54) is 9.75 Å². The van der Waals surface area contributed by atoms with Crippen LogP contribution in [0.15, 0.2) is 29.0 Å². The van der Waals surface area contributed by atoms with E-state index in [9.17, 15) is 0 Å². The summed E-state index contributed by atoms with van der Waals surface area (Å²) in [5.41, 5.74) is 0. The molecule has 0 spiro atoms. The maximum atomic E-state index is 5.62. The molecular formula is C10H9BrOS2. The summed E-state index contributed by atoms with van der Waals surface area (Å²) in [6.45, 7) is 0.717. The third-order valence-corrected chi connectivity index (χ3v) is 3.98. The van der Waals surface area contributed by atoms with Crippen molar-refractivity contribution in [3.05, 3.63) is 29.0 Å². The van der Waals surface area contributed by atoms with Crippen LogP contribution in [0.4, 0.5) is 0 Å². The minimum absolute atomic E-state index is 0.717. The molecule has 14 heavy (non-hydrogen) atoms.